The van der Waals surface area contributed by atoms with E-state index in [1.165, 1.54) is 12.1 Å². The fraction of sp³-hybridized carbons (Fsp3) is 0.133. The molecule has 0 aliphatic carbocycles. The Morgan fingerprint density at radius 1 is 1.20 bits per heavy atom. The maximum absolute atomic E-state index is 13.5. The standard InChI is InChI=1S/C15H14ClFN2O/c1-10-5-2-3-8-13(10)19-14(20)9-18-15-11(16)6-4-7-12(15)17/h2-8,18H,9H2,1H3,(H,19,20). The first-order valence-electron chi connectivity index (χ1n) is 6.11. The predicted octanol–water partition coefficient (Wildman–Crippen LogP) is 3.84. The molecular formula is C15H14ClFN2O. The first-order valence-corrected chi connectivity index (χ1v) is 6.49. The van der Waals surface area contributed by atoms with E-state index in [-0.39, 0.29) is 23.2 Å². The molecule has 5 heteroatoms. The van der Waals surface area contributed by atoms with E-state index in [1.807, 2.05) is 31.2 Å². The molecule has 0 aliphatic heterocycles. The number of nitrogens with one attached hydrogen (secondary N) is 2. The van der Waals surface area contributed by atoms with E-state index in [0.717, 1.165) is 11.3 Å². The van der Waals surface area contributed by atoms with Crippen LogP contribution in [0.4, 0.5) is 15.8 Å². The molecule has 0 heterocycles. The summed E-state index contributed by atoms with van der Waals surface area (Å²) in [5.74, 6) is -0.750. The molecule has 0 saturated heterocycles. The second kappa shape index (κ2) is 6.39. The zero-order valence-corrected chi connectivity index (χ0v) is 11.7. The molecule has 3 nitrogen and oxygen atoms in total. The van der Waals surface area contributed by atoms with Crippen molar-refractivity contribution in [3.8, 4) is 0 Å². The zero-order chi connectivity index (χ0) is 14.5. The van der Waals surface area contributed by atoms with Crippen LogP contribution < -0.4 is 10.6 Å². The lowest BCUT2D eigenvalue weighted by atomic mass is 10.2. The van der Waals surface area contributed by atoms with E-state index < -0.39 is 5.82 Å². The number of carbonyl (C=O) groups excluding carboxylic acids is 1. The van der Waals surface area contributed by atoms with Gasteiger partial charge in [-0.05, 0) is 30.7 Å². The van der Waals surface area contributed by atoms with Crippen molar-refractivity contribution in [1.29, 1.82) is 0 Å². The molecule has 0 unspecified atom stereocenters. The molecule has 0 atom stereocenters. The molecule has 2 N–H and O–H groups in total. The number of amides is 1. The number of aryl methyl sites for hydroxylation is 1. The van der Waals surface area contributed by atoms with Gasteiger partial charge in [-0.3, -0.25) is 4.79 Å². The molecule has 0 saturated carbocycles. The number of carbonyl (C=O) groups is 1. The zero-order valence-electron chi connectivity index (χ0n) is 10.9. The number of rotatable bonds is 4. The van der Waals surface area contributed by atoms with Gasteiger partial charge in [0.05, 0.1) is 17.3 Å². The maximum atomic E-state index is 13.5. The van der Waals surface area contributed by atoms with Crippen LogP contribution in [0.1, 0.15) is 5.56 Å². The van der Waals surface area contributed by atoms with E-state index in [1.54, 1.807) is 6.07 Å². The van der Waals surface area contributed by atoms with E-state index >= 15 is 0 Å². The number of halogens is 2. The molecule has 2 rings (SSSR count). The second-order valence-corrected chi connectivity index (χ2v) is 4.72. The van der Waals surface area contributed by atoms with Gasteiger partial charge in [-0.2, -0.15) is 0 Å². The normalized spacial score (nSPS) is 10.2. The highest BCUT2D eigenvalue weighted by Crippen LogP contribution is 2.24. The Labute approximate surface area is 121 Å². The van der Waals surface area contributed by atoms with Gasteiger partial charge in [-0.25, -0.2) is 4.39 Å². The Kier molecular flexibility index (Phi) is 4.58. The highest BCUT2D eigenvalue weighted by molar-refractivity contribution is 6.33. The summed E-state index contributed by atoms with van der Waals surface area (Å²) in [6, 6.07) is 11.8. The third-order valence-corrected chi connectivity index (χ3v) is 3.12. The van der Waals surface area contributed by atoms with Gasteiger partial charge in [0.15, 0.2) is 0 Å². The maximum Gasteiger partial charge on any atom is 0.243 e. The number of para-hydroxylation sites is 2. The molecular weight excluding hydrogens is 279 g/mol. The lowest BCUT2D eigenvalue weighted by Gasteiger charge is -2.11. The molecule has 20 heavy (non-hydrogen) atoms. The van der Waals surface area contributed by atoms with E-state index in [2.05, 4.69) is 10.6 Å². The van der Waals surface area contributed by atoms with Crippen molar-refractivity contribution in [2.45, 2.75) is 6.92 Å². The largest absolute Gasteiger partial charge is 0.373 e. The smallest absolute Gasteiger partial charge is 0.243 e. The van der Waals surface area contributed by atoms with Gasteiger partial charge in [0.25, 0.3) is 0 Å². The topological polar surface area (TPSA) is 41.1 Å². The van der Waals surface area contributed by atoms with Crippen LogP contribution in [0.15, 0.2) is 42.5 Å². The first-order chi connectivity index (χ1) is 9.58. The average molecular weight is 293 g/mol. The second-order valence-electron chi connectivity index (χ2n) is 4.31. The summed E-state index contributed by atoms with van der Waals surface area (Å²) in [6.45, 7) is 1.84. The molecule has 0 spiro atoms. The Balaban J connectivity index is 1.98. The van der Waals surface area contributed by atoms with E-state index in [9.17, 15) is 9.18 Å². The van der Waals surface area contributed by atoms with Crippen molar-refractivity contribution < 1.29 is 9.18 Å². The average Bonchev–Trinajstić information content (AvgIpc) is 2.41. The van der Waals surface area contributed by atoms with Gasteiger partial charge in [0, 0.05) is 5.69 Å². The molecule has 2 aromatic carbocycles. The van der Waals surface area contributed by atoms with Gasteiger partial charge in [0.2, 0.25) is 5.91 Å². The van der Waals surface area contributed by atoms with Crippen molar-refractivity contribution in [2.24, 2.45) is 0 Å². The van der Waals surface area contributed by atoms with E-state index in [0.29, 0.717) is 0 Å². The third-order valence-electron chi connectivity index (χ3n) is 2.81. The van der Waals surface area contributed by atoms with Gasteiger partial charge in [-0.15, -0.1) is 0 Å². The minimum absolute atomic E-state index is 0.0605. The van der Waals surface area contributed by atoms with Crippen molar-refractivity contribution in [1.82, 2.24) is 0 Å². The summed E-state index contributed by atoms with van der Waals surface area (Å²) >= 11 is 5.86. The van der Waals surface area contributed by atoms with Crippen LogP contribution in [0.3, 0.4) is 0 Å². The lowest BCUT2D eigenvalue weighted by molar-refractivity contribution is -0.114. The van der Waals surface area contributed by atoms with Crippen LogP contribution in [-0.4, -0.2) is 12.5 Å². The van der Waals surface area contributed by atoms with Crippen LogP contribution in [0.5, 0.6) is 0 Å². The van der Waals surface area contributed by atoms with Crippen LogP contribution >= 0.6 is 11.6 Å². The molecule has 104 valence electrons. The Bertz CT molecular complexity index is 611. The monoisotopic (exact) mass is 292 g/mol. The van der Waals surface area contributed by atoms with Gasteiger partial charge >= 0.3 is 0 Å². The molecule has 1 amide bonds. The van der Waals surface area contributed by atoms with Crippen molar-refractivity contribution >= 4 is 28.9 Å². The van der Waals surface area contributed by atoms with Crippen molar-refractivity contribution in [2.75, 3.05) is 17.2 Å². The molecule has 0 aliphatic rings. The van der Waals surface area contributed by atoms with Crippen LogP contribution in [0.2, 0.25) is 5.02 Å². The minimum atomic E-state index is -0.485. The van der Waals surface area contributed by atoms with Gasteiger partial charge in [-0.1, -0.05) is 35.9 Å². The third kappa shape index (κ3) is 3.48. The minimum Gasteiger partial charge on any atom is -0.373 e. The summed E-state index contributed by atoms with van der Waals surface area (Å²) in [6.07, 6.45) is 0. The Morgan fingerprint density at radius 2 is 1.95 bits per heavy atom. The molecule has 0 aromatic heterocycles. The predicted molar refractivity (Wildman–Crippen MR) is 79.7 cm³/mol. The van der Waals surface area contributed by atoms with Gasteiger partial charge < -0.3 is 10.6 Å². The summed E-state index contributed by atoms with van der Waals surface area (Å²) in [4.78, 5) is 11.8. The van der Waals surface area contributed by atoms with Crippen molar-refractivity contribution in [3.63, 3.8) is 0 Å². The molecule has 0 radical (unpaired) electrons. The quantitative estimate of drug-likeness (QED) is 0.899. The Hall–Kier alpha value is -2.07. The van der Waals surface area contributed by atoms with Crippen LogP contribution in [-0.2, 0) is 4.79 Å². The number of benzene rings is 2. The van der Waals surface area contributed by atoms with E-state index in [4.69, 9.17) is 11.6 Å². The number of hydrogen-bond acceptors (Lipinski definition) is 2. The summed E-state index contributed by atoms with van der Waals surface area (Å²) < 4.78 is 13.5. The summed E-state index contributed by atoms with van der Waals surface area (Å²) in [7, 11) is 0. The SMILES string of the molecule is Cc1ccccc1NC(=O)CNc1c(F)cccc1Cl. The summed E-state index contributed by atoms with van der Waals surface area (Å²) in [5.41, 5.74) is 1.83. The lowest BCUT2D eigenvalue weighted by Crippen LogP contribution is -2.22. The molecule has 2 aromatic rings. The fourth-order valence-electron chi connectivity index (χ4n) is 1.74. The number of hydrogen-bond donors (Lipinski definition) is 2. The van der Waals surface area contributed by atoms with Crippen molar-refractivity contribution in [3.05, 3.63) is 58.9 Å². The first kappa shape index (κ1) is 14.3. The molecule has 0 bridgehead atoms. The van der Waals surface area contributed by atoms with Crippen LogP contribution in [0.25, 0.3) is 0 Å². The molecule has 0 fully saturated rings. The summed E-state index contributed by atoms with van der Waals surface area (Å²) in [5, 5.41) is 5.70. The highest BCUT2D eigenvalue weighted by atomic mass is 35.5. The fourth-order valence-corrected chi connectivity index (χ4v) is 1.97. The van der Waals surface area contributed by atoms with Crippen LogP contribution in [0, 0.1) is 12.7 Å². The highest BCUT2D eigenvalue weighted by Gasteiger charge is 2.09. The Morgan fingerprint density at radius 3 is 2.65 bits per heavy atom. The van der Waals surface area contributed by atoms with Gasteiger partial charge in [0.1, 0.15) is 5.82 Å². The number of anilines is 2.